The van der Waals surface area contributed by atoms with Gasteiger partial charge in [-0.15, -0.1) is 0 Å². The monoisotopic (exact) mass is 280 g/mol. The molecule has 1 aromatic rings. The Bertz CT molecular complexity index is 442. The standard InChI is InChI=1S/C16H24O2S/c1-12(2)18-14-7-5-6-13(10-14)16(17)11-19-9-8-15(16,3)4/h5-7,10,12,17H,8-9,11H2,1-4H3. The van der Waals surface area contributed by atoms with Gasteiger partial charge in [-0.2, -0.15) is 11.8 Å². The zero-order chi connectivity index (χ0) is 14.1. The summed E-state index contributed by atoms with van der Waals surface area (Å²) in [6, 6.07) is 7.94. The fourth-order valence-electron chi connectivity index (χ4n) is 2.52. The third-order valence-electron chi connectivity index (χ3n) is 3.99. The maximum atomic E-state index is 11.2. The van der Waals surface area contributed by atoms with E-state index in [0.717, 1.165) is 29.2 Å². The Balaban J connectivity index is 2.34. The maximum Gasteiger partial charge on any atom is 0.120 e. The fraction of sp³-hybridized carbons (Fsp3) is 0.625. The van der Waals surface area contributed by atoms with E-state index in [0.29, 0.717) is 0 Å². The highest BCUT2D eigenvalue weighted by Gasteiger charge is 2.46. The van der Waals surface area contributed by atoms with Gasteiger partial charge in [0.05, 0.1) is 6.10 Å². The first-order valence-electron chi connectivity index (χ1n) is 6.92. The van der Waals surface area contributed by atoms with Crippen molar-refractivity contribution in [1.82, 2.24) is 0 Å². The molecule has 1 fully saturated rings. The van der Waals surface area contributed by atoms with Crippen LogP contribution in [0.5, 0.6) is 5.75 Å². The summed E-state index contributed by atoms with van der Waals surface area (Å²) in [5, 5.41) is 11.2. The highest BCUT2D eigenvalue weighted by Crippen LogP contribution is 2.48. The minimum Gasteiger partial charge on any atom is -0.491 e. The molecule has 1 aromatic carbocycles. The number of thioether (sulfide) groups is 1. The van der Waals surface area contributed by atoms with Crippen molar-refractivity contribution in [3.05, 3.63) is 29.8 Å². The van der Waals surface area contributed by atoms with Gasteiger partial charge in [-0.3, -0.25) is 0 Å². The molecule has 0 spiro atoms. The molecule has 1 N–H and O–H groups in total. The van der Waals surface area contributed by atoms with Gasteiger partial charge < -0.3 is 9.84 Å². The second-order valence-electron chi connectivity index (χ2n) is 6.24. The van der Waals surface area contributed by atoms with Gasteiger partial charge in [0, 0.05) is 5.75 Å². The van der Waals surface area contributed by atoms with Gasteiger partial charge in [0.25, 0.3) is 0 Å². The summed E-state index contributed by atoms with van der Waals surface area (Å²) in [4.78, 5) is 0. The van der Waals surface area contributed by atoms with E-state index < -0.39 is 5.60 Å². The average molecular weight is 280 g/mol. The number of benzene rings is 1. The van der Waals surface area contributed by atoms with Crippen LogP contribution in [0.3, 0.4) is 0 Å². The van der Waals surface area contributed by atoms with Crippen LogP contribution in [0.4, 0.5) is 0 Å². The first-order chi connectivity index (χ1) is 8.85. The largest absolute Gasteiger partial charge is 0.491 e. The summed E-state index contributed by atoms with van der Waals surface area (Å²) < 4.78 is 5.74. The normalized spacial score (nSPS) is 26.4. The smallest absolute Gasteiger partial charge is 0.120 e. The van der Waals surface area contributed by atoms with Crippen molar-refractivity contribution >= 4 is 11.8 Å². The Kier molecular flexibility index (Phi) is 4.17. The lowest BCUT2D eigenvalue weighted by Crippen LogP contribution is -2.47. The molecule has 3 heteroatoms. The number of aliphatic hydroxyl groups is 1. The van der Waals surface area contributed by atoms with Crippen molar-refractivity contribution in [2.45, 2.75) is 45.8 Å². The van der Waals surface area contributed by atoms with Crippen molar-refractivity contribution < 1.29 is 9.84 Å². The predicted molar refractivity (Wildman–Crippen MR) is 81.8 cm³/mol. The quantitative estimate of drug-likeness (QED) is 0.912. The van der Waals surface area contributed by atoms with Crippen LogP contribution in [0.1, 0.15) is 39.7 Å². The molecule has 0 radical (unpaired) electrons. The molecule has 0 bridgehead atoms. The zero-order valence-corrected chi connectivity index (χ0v) is 13.1. The van der Waals surface area contributed by atoms with Crippen LogP contribution in [-0.2, 0) is 5.60 Å². The van der Waals surface area contributed by atoms with Gasteiger partial charge in [-0.05, 0) is 49.1 Å². The lowest BCUT2D eigenvalue weighted by atomic mass is 9.70. The van der Waals surface area contributed by atoms with Gasteiger partial charge in [0.1, 0.15) is 11.4 Å². The number of hydrogen-bond acceptors (Lipinski definition) is 3. The SMILES string of the molecule is CC(C)Oc1cccc(C2(O)CSCCC2(C)C)c1. The second-order valence-corrected chi connectivity index (χ2v) is 7.35. The summed E-state index contributed by atoms with van der Waals surface area (Å²) >= 11 is 1.83. The minimum absolute atomic E-state index is 0.102. The van der Waals surface area contributed by atoms with Gasteiger partial charge in [0.2, 0.25) is 0 Å². The zero-order valence-electron chi connectivity index (χ0n) is 12.3. The van der Waals surface area contributed by atoms with Crippen LogP contribution in [-0.4, -0.2) is 22.7 Å². The van der Waals surface area contributed by atoms with Crippen LogP contribution in [0.2, 0.25) is 0 Å². The van der Waals surface area contributed by atoms with Crippen LogP contribution < -0.4 is 4.74 Å². The highest BCUT2D eigenvalue weighted by molar-refractivity contribution is 7.99. The van der Waals surface area contributed by atoms with Gasteiger partial charge in [0.15, 0.2) is 0 Å². The van der Waals surface area contributed by atoms with Crippen molar-refractivity contribution in [2.24, 2.45) is 5.41 Å². The van der Waals surface area contributed by atoms with Gasteiger partial charge in [-0.25, -0.2) is 0 Å². The van der Waals surface area contributed by atoms with Crippen molar-refractivity contribution in [3.8, 4) is 5.75 Å². The van der Waals surface area contributed by atoms with Gasteiger partial charge in [-0.1, -0.05) is 26.0 Å². The molecule has 2 nitrogen and oxygen atoms in total. The molecule has 2 rings (SSSR count). The van der Waals surface area contributed by atoms with Crippen molar-refractivity contribution in [3.63, 3.8) is 0 Å². The van der Waals surface area contributed by atoms with E-state index in [1.165, 1.54) is 0 Å². The predicted octanol–water partition coefficient (Wildman–Crippen LogP) is 3.82. The Morgan fingerprint density at radius 1 is 1.32 bits per heavy atom. The number of ether oxygens (including phenoxy) is 1. The third-order valence-corrected chi connectivity index (χ3v) is 5.10. The lowest BCUT2D eigenvalue weighted by molar-refractivity contribution is -0.0580. The van der Waals surface area contributed by atoms with Gasteiger partial charge >= 0.3 is 0 Å². The van der Waals surface area contributed by atoms with Crippen molar-refractivity contribution in [1.29, 1.82) is 0 Å². The Morgan fingerprint density at radius 3 is 2.68 bits per heavy atom. The van der Waals surface area contributed by atoms with E-state index in [-0.39, 0.29) is 11.5 Å². The van der Waals surface area contributed by atoms with E-state index in [4.69, 9.17) is 4.74 Å². The Hall–Kier alpha value is -0.670. The molecule has 0 aliphatic carbocycles. The molecule has 1 atom stereocenters. The van der Waals surface area contributed by atoms with Crippen molar-refractivity contribution in [2.75, 3.05) is 11.5 Å². The van der Waals surface area contributed by atoms with Crippen LogP contribution in [0.25, 0.3) is 0 Å². The summed E-state index contributed by atoms with van der Waals surface area (Å²) in [7, 11) is 0. The number of rotatable bonds is 3. The van der Waals surface area contributed by atoms with E-state index in [9.17, 15) is 5.11 Å². The average Bonchev–Trinajstić information content (AvgIpc) is 2.32. The third kappa shape index (κ3) is 2.92. The molecule has 0 amide bonds. The summed E-state index contributed by atoms with van der Waals surface area (Å²) in [5.41, 5.74) is 0.101. The topological polar surface area (TPSA) is 29.5 Å². The molecular formula is C16H24O2S. The second kappa shape index (κ2) is 5.37. The molecule has 1 aliphatic heterocycles. The highest BCUT2D eigenvalue weighted by atomic mass is 32.2. The molecular weight excluding hydrogens is 256 g/mol. The summed E-state index contributed by atoms with van der Waals surface area (Å²) in [6.07, 6.45) is 1.18. The Labute approximate surface area is 120 Å². The van der Waals surface area contributed by atoms with Crippen LogP contribution in [0, 0.1) is 5.41 Å². The maximum absolute atomic E-state index is 11.2. The summed E-state index contributed by atoms with van der Waals surface area (Å²) in [5.74, 6) is 2.72. The fourth-order valence-corrected chi connectivity index (χ4v) is 4.17. The molecule has 1 aliphatic rings. The molecule has 19 heavy (non-hydrogen) atoms. The number of hydrogen-bond donors (Lipinski definition) is 1. The molecule has 106 valence electrons. The summed E-state index contributed by atoms with van der Waals surface area (Å²) in [6.45, 7) is 8.34. The van der Waals surface area contributed by atoms with E-state index in [1.54, 1.807) is 0 Å². The Morgan fingerprint density at radius 2 is 2.05 bits per heavy atom. The first kappa shape index (κ1) is 14.7. The van der Waals surface area contributed by atoms with E-state index >= 15 is 0 Å². The van der Waals surface area contributed by atoms with E-state index in [2.05, 4.69) is 13.8 Å². The molecule has 1 heterocycles. The van der Waals surface area contributed by atoms with E-state index in [1.807, 2.05) is 49.9 Å². The molecule has 0 aromatic heterocycles. The lowest BCUT2D eigenvalue weighted by Gasteiger charge is -2.46. The minimum atomic E-state index is -0.772. The molecule has 1 saturated heterocycles. The van der Waals surface area contributed by atoms with Crippen LogP contribution >= 0.6 is 11.8 Å². The molecule has 1 unspecified atom stereocenters. The van der Waals surface area contributed by atoms with Crippen LogP contribution in [0.15, 0.2) is 24.3 Å². The first-order valence-corrected chi connectivity index (χ1v) is 8.08. The molecule has 0 saturated carbocycles.